The molecule has 0 amide bonds. The van der Waals surface area contributed by atoms with Gasteiger partial charge in [0.15, 0.2) is 0 Å². The number of piperazine rings is 1. The van der Waals surface area contributed by atoms with Gasteiger partial charge in [-0.25, -0.2) is 9.97 Å². The predicted molar refractivity (Wildman–Crippen MR) is 124 cm³/mol. The van der Waals surface area contributed by atoms with Gasteiger partial charge in [-0.3, -0.25) is 9.69 Å². The van der Waals surface area contributed by atoms with E-state index in [2.05, 4.69) is 19.8 Å². The van der Waals surface area contributed by atoms with Crippen molar-refractivity contribution in [2.45, 2.75) is 38.7 Å². The molecule has 3 aromatic rings. The van der Waals surface area contributed by atoms with Crippen LogP contribution in [0.2, 0.25) is 0 Å². The summed E-state index contributed by atoms with van der Waals surface area (Å²) in [6.45, 7) is 5.33. The van der Waals surface area contributed by atoms with Gasteiger partial charge in [0.05, 0.1) is 18.3 Å². The molecule has 4 rings (SSSR count). The number of fused-ring (bicyclic) bond motifs is 1. The maximum absolute atomic E-state index is 13.3. The van der Waals surface area contributed by atoms with Gasteiger partial charge in [0, 0.05) is 50.9 Å². The van der Waals surface area contributed by atoms with Gasteiger partial charge in [0.25, 0.3) is 5.56 Å². The quantitative estimate of drug-likeness (QED) is 0.559. The Morgan fingerprint density at radius 1 is 1.14 bits per heavy atom. The Morgan fingerprint density at radius 3 is 2.54 bits per heavy atom. The Bertz CT molecular complexity index is 1360. The van der Waals surface area contributed by atoms with Crippen LogP contribution < -0.4 is 15.2 Å². The van der Waals surface area contributed by atoms with Gasteiger partial charge in [-0.15, -0.1) is 0 Å². The van der Waals surface area contributed by atoms with E-state index in [-0.39, 0.29) is 35.8 Å². The second-order valence-corrected chi connectivity index (χ2v) is 8.78. The lowest BCUT2D eigenvalue weighted by Crippen LogP contribution is -2.56. The molecule has 184 valence electrons. The Morgan fingerprint density at radius 2 is 1.89 bits per heavy atom. The van der Waals surface area contributed by atoms with E-state index < -0.39 is 11.9 Å². The number of pyridine rings is 3. The third-order valence-corrected chi connectivity index (χ3v) is 6.35. The number of nitriles is 1. The molecule has 1 aliphatic rings. The lowest BCUT2D eigenvalue weighted by Gasteiger charge is -2.45. The van der Waals surface area contributed by atoms with Gasteiger partial charge in [-0.2, -0.15) is 18.4 Å². The molecule has 1 aliphatic heterocycles. The third kappa shape index (κ3) is 4.79. The molecule has 0 spiro atoms. The first kappa shape index (κ1) is 24.5. The van der Waals surface area contributed by atoms with Crippen molar-refractivity contribution in [3.8, 4) is 11.9 Å². The number of methoxy groups -OCH3 is 1. The molecular weight excluding hydrogens is 461 g/mol. The molecule has 0 aromatic carbocycles. The molecule has 0 saturated carbocycles. The van der Waals surface area contributed by atoms with Crippen molar-refractivity contribution in [2.24, 2.45) is 7.05 Å². The van der Waals surface area contributed by atoms with Crippen LogP contribution in [0.3, 0.4) is 0 Å². The van der Waals surface area contributed by atoms with Crippen LogP contribution in [0, 0.1) is 11.3 Å². The molecule has 1 fully saturated rings. The molecule has 0 bridgehead atoms. The molecule has 11 heteroatoms. The van der Waals surface area contributed by atoms with Crippen LogP contribution in [0.15, 0.2) is 35.1 Å². The van der Waals surface area contributed by atoms with E-state index in [9.17, 15) is 23.2 Å². The minimum absolute atomic E-state index is 0.0436. The number of hydrogen-bond donors (Lipinski definition) is 0. The fourth-order valence-corrected chi connectivity index (χ4v) is 4.48. The molecular formula is C24H25F3N6O2. The van der Waals surface area contributed by atoms with E-state index in [0.29, 0.717) is 35.4 Å². The average molecular weight is 486 g/mol. The lowest BCUT2D eigenvalue weighted by molar-refractivity contribution is -0.141. The number of anilines is 1. The van der Waals surface area contributed by atoms with E-state index >= 15 is 0 Å². The summed E-state index contributed by atoms with van der Waals surface area (Å²) in [5, 5.41) is 9.31. The lowest BCUT2D eigenvalue weighted by atomic mass is 10.0. The zero-order valence-electron chi connectivity index (χ0n) is 19.8. The normalized spacial score (nSPS) is 19.1. The zero-order valence-corrected chi connectivity index (χ0v) is 19.8. The van der Waals surface area contributed by atoms with Gasteiger partial charge >= 0.3 is 6.18 Å². The highest BCUT2D eigenvalue weighted by Crippen LogP contribution is 2.32. The molecule has 4 heterocycles. The summed E-state index contributed by atoms with van der Waals surface area (Å²) in [5.41, 5.74) is 1.36. The standard InChI is InChI=1S/C24H25F3N6O2/c1-14-12-33(19-9-22(34)31(3)18-6-5-17(10-28)29-23(18)19)15(2)11-32(14)13-16-7-20(24(25,26)27)30-21(8-16)35-4/h5-9,14-15H,11-13H2,1-4H3/t14?,15-/m0/s1. The summed E-state index contributed by atoms with van der Waals surface area (Å²) in [7, 11) is 2.94. The summed E-state index contributed by atoms with van der Waals surface area (Å²) in [4.78, 5) is 24.8. The van der Waals surface area contributed by atoms with Gasteiger partial charge in [-0.1, -0.05) is 0 Å². The van der Waals surface area contributed by atoms with Crippen molar-refractivity contribution in [2.75, 3.05) is 25.1 Å². The van der Waals surface area contributed by atoms with E-state index in [4.69, 9.17) is 4.74 Å². The Kier molecular flexibility index (Phi) is 6.42. The molecule has 1 saturated heterocycles. The fraction of sp³-hybridized carbons (Fsp3) is 0.417. The first-order valence-electron chi connectivity index (χ1n) is 11.1. The predicted octanol–water partition coefficient (Wildman–Crippen LogP) is 3.33. The number of ether oxygens (including phenoxy) is 1. The zero-order chi connectivity index (χ0) is 25.5. The smallest absolute Gasteiger partial charge is 0.433 e. The minimum Gasteiger partial charge on any atom is -0.481 e. The van der Waals surface area contributed by atoms with Crippen LogP contribution in [-0.4, -0.2) is 51.7 Å². The first-order valence-corrected chi connectivity index (χ1v) is 11.1. The molecule has 8 nitrogen and oxygen atoms in total. The summed E-state index contributed by atoms with van der Waals surface area (Å²) in [5.74, 6) is -0.0832. The molecule has 3 aromatic heterocycles. The number of aromatic nitrogens is 3. The Labute approximate surface area is 200 Å². The monoisotopic (exact) mass is 486 g/mol. The number of nitrogens with zero attached hydrogens (tertiary/aromatic N) is 6. The van der Waals surface area contributed by atoms with Crippen LogP contribution in [-0.2, 0) is 19.8 Å². The van der Waals surface area contributed by atoms with Gasteiger partial charge in [0.2, 0.25) is 5.88 Å². The minimum atomic E-state index is -4.57. The summed E-state index contributed by atoms with van der Waals surface area (Å²) < 4.78 is 46.4. The maximum Gasteiger partial charge on any atom is 0.433 e. The van der Waals surface area contributed by atoms with Crippen LogP contribution in [0.4, 0.5) is 18.9 Å². The highest BCUT2D eigenvalue weighted by Gasteiger charge is 2.35. The summed E-state index contributed by atoms with van der Waals surface area (Å²) in [6, 6.07) is 9.31. The SMILES string of the molecule is COc1cc(CN2C[C@H](C)N(c3cc(=O)n(C)c4ccc(C#N)nc34)CC2C)cc(C(F)(F)F)n1. The number of halogens is 3. The van der Waals surface area contributed by atoms with E-state index in [1.807, 2.05) is 19.9 Å². The van der Waals surface area contributed by atoms with Crippen LogP contribution in [0.25, 0.3) is 11.0 Å². The number of aryl methyl sites for hydroxylation is 1. The molecule has 1 unspecified atom stereocenters. The molecule has 0 aliphatic carbocycles. The average Bonchev–Trinajstić information content (AvgIpc) is 2.82. The van der Waals surface area contributed by atoms with Gasteiger partial charge in [0.1, 0.15) is 23.0 Å². The molecule has 0 radical (unpaired) electrons. The van der Waals surface area contributed by atoms with Crippen molar-refractivity contribution in [1.29, 1.82) is 5.26 Å². The maximum atomic E-state index is 13.3. The largest absolute Gasteiger partial charge is 0.481 e. The van der Waals surface area contributed by atoms with Gasteiger partial charge in [-0.05, 0) is 37.6 Å². The molecule has 35 heavy (non-hydrogen) atoms. The highest BCUT2D eigenvalue weighted by atomic mass is 19.4. The van der Waals surface area contributed by atoms with E-state index in [0.717, 1.165) is 6.07 Å². The second-order valence-electron chi connectivity index (χ2n) is 8.78. The third-order valence-electron chi connectivity index (χ3n) is 6.35. The van der Waals surface area contributed by atoms with Crippen molar-refractivity contribution >= 4 is 16.7 Å². The Balaban J connectivity index is 1.65. The second kappa shape index (κ2) is 9.19. The van der Waals surface area contributed by atoms with Crippen LogP contribution in [0.5, 0.6) is 5.88 Å². The molecule has 2 atom stereocenters. The van der Waals surface area contributed by atoms with Crippen molar-refractivity contribution in [3.05, 3.63) is 57.6 Å². The number of hydrogen-bond acceptors (Lipinski definition) is 7. The fourth-order valence-electron chi connectivity index (χ4n) is 4.48. The number of rotatable bonds is 4. The van der Waals surface area contributed by atoms with Crippen molar-refractivity contribution < 1.29 is 17.9 Å². The molecule has 0 N–H and O–H groups in total. The van der Waals surface area contributed by atoms with Crippen LogP contribution in [0.1, 0.15) is 30.8 Å². The summed E-state index contributed by atoms with van der Waals surface area (Å²) in [6.07, 6.45) is -4.57. The Hall–Kier alpha value is -3.65. The highest BCUT2D eigenvalue weighted by molar-refractivity contribution is 5.89. The van der Waals surface area contributed by atoms with Gasteiger partial charge < -0.3 is 14.2 Å². The topological polar surface area (TPSA) is 87.3 Å². The van der Waals surface area contributed by atoms with Crippen molar-refractivity contribution in [3.63, 3.8) is 0 Å². The van der Waals surface area contributed by atoms with Crippen LogP contribution >= 0.6 is 0 Å². The van der Waals surface area contributed by atoms with Crippen molar-refractivity contribution in [1.82, 2.24) is 19.4 Å². The first-order chi connectivity index (χ1) is 16.5. The van der Waals surface area contributed by atoms with E-state index in [1.54, 1.807) is 19.2 Å². The number of alkyl halides is 3. The summed E-state index contributed by atoms with van der Waals surface area (Å²) >= 11 is 0. The van der Waals surface area contributed by atoms with E-state index in [1.165, 1.54) is 23.8 Å².